The van der Waals surface area contributed by atoms with Crippen LogP contribution in [0.15, 0.2) is 18.5 Å². The molecule has 0 amide bonds. The second-order valence-corrected chi connectivity index (χ2v) is 3.68. The second kappa shape index (κ2) is 5.82. The van der Waals surface area contributed by atoms with Crippen molar-refractivity contribution < 1.29 is 14.6 Å². The van der Waals surface area contributed by atoms with Gasteiger partial charge in [-0.2, -0.15) is 0 Å². The molecule has 1 fully saturated rings. The number of carboxylic acids is 1. The van der Waals surface area contributed by atoms with Crippen LogP contribution in [-0.4, -0.2) is 28.8 Å². The molecule has 0 radical (unpaired) electrons. The summed E-state index contributed by atoms with van der Waals surface area (Å²) in [6, 6.07) is 1.76. The number of nitrogens with zero attached hydrogens (tertiary/aromatic N) is 1. The Balaban J connectivity index is 0.00000128. The van der Waals surface area contributed by atoms with Gasteiger partial charge in [-0.1, -0.05) is 0 Å². The van der Waals surface area contributed by atoms with Gasteiger partial charge in [-0.15, -0.1) is 12.4 Å². The summed E-state index contributed by atoms with van der Waals surface area (Å²) < 4.78 is 5.48. The van der Waals surface area contributed by atoms with Crippen LogP contribution in [0.25, 0.3) is 0 Å². The average molecular weight is 244 g/mol. The monoisotopic (exact) mass is 243 g/mol. The van der Waals surface area contributed by atoms with E-state index in [-0.39, 0.29) is 24.1 Å². The summed E-state index contributed by atoms with van der Waals surface area (Å²) in [4.78, 5) is 14.7. The smallest absolute Gasteiger partial charge is 0.337 e. The van der Waals surface area contributed by atoms with Crippen molar-refractivity contribution in [2.24, 2.45) is 0 Å². The SMILES string of the molecule is Cl.O=C(O)c1cnccc1CC1CCCO1. The van der Waals surface area contributed by atoms with E-state index in [4.69, 9.17) is 9.84 Å². The number of rotatable bonds is 3. The summed E-state index contributed by atoms with van der Waals surface area (Å²) in [5, 5.41) is 8.96. The Hall–Kier alpha value is -1.13. The lowest BCUT2D eigenvalue weighted by Crippen LogP contribution is -2.12. The van der Waals surface area contributed by atoms with Gasteiger partial charge < -0.3 is 9.84 Å². The van der Waals surface area contributed by atoms with Gasteiger partial charge in [0.25, 0.3) is 0 Å². The van der Waals surface area contributed by atoms with Crippen molar-refractivity contribution in [2.75, 3.05) is 6.61 Å². The second-order valence-electron chi connectivity index (χ2n) is 3.68. The number of halogens is 1. The molecule has 1 atom stereocenters. The maximum Gasteiger partial charge on any atom is 0.337 e. The van der Waals surface area contributed by atoms with Crippen LogP contribution in [0.4, 0.5) is 0 Å². The number of pyridine rings is 1. The number of hydrogen-bond donors (Lipinski definition) is 1. The van der Waals surface area contributed by atoms with Crippen LogP contribution in [0.5, 0.6) is 0 Å². The number of carbonyl (C=O) groups is 1. The van der Waals surface area contributed by atoms with E-state index < -0.39 is 5.97 Å². The van der Waals surface area contributed by atoms with E-state index >= 15 is 0 Å². The van der Waals surface area contributed by atoms with Gasteiger partial charge in [0.15, 0.2) is 0 Å². The van der Waals surface area contributed by atoms with Crippen LogP contribution in [0, 0.1) is 0 Å². The quantitative estimate of drug-likeness (QED) is 0.881. The molecule has 5 heteroatoms. The molecule has 2 rings (SSSR count). The van der Waals surface area contributed by atoms with Crippen LogP contribution in [0.3, 0.4) is 0 Å². The van der Waals surface area contributed by atoms with Crippen LogP contribution < -0.4 is 0 Å². The largest absolute Gasteiger partial charge is 0.478 e. The number of aromatic carboxylic acids is 1. The molecule has 1 aliphatic rings. The molecule has 0 bridgehead atoms. The van der Waals surface area contributed by atoms with Crippen molar-refractivity contribution in [3.05, 3.63) is 29.6 Å². The zero-order chi connectivity index (χ0) is 10.7. The Kier molecular flexibility index (Phi) is 4.71. The minimum Gasteiger partial charge on any atom is -0.478 e. The van der Waals surface area contributed by atoms with Crippen molar-refractivity contribution in [3.63, 3.8) is 0 Å². The lowest BCUT2D eigenvalue weighted by atomic mass is 10.0. The Bertz CT molecular complexity index is 364. The molecule has 4 nitrogen and oxygen atoms in total. The van der Waals surface area contributed by atoms with E-state index in [1.807, 2.05) is 0 Å². The molecular weight excluding hydrogens is 230 g/mol. The van der Waals surface area contributed by atoms with Crippen LogP contribution in [0.2, 0.25) is 0 Å². The first-order valence-corrected chi connectivity index (χ1v) is 5.05. The highest BCUT2D eigenvalue weighted by Gasteiger charge is 2.19. The van der Waals surface area contributed by atoms with Gasteiger partial charge in [0.1, 0.15) is 0 Å². The topological polar surface area (TPSA) is 59.4 Å². The standard InChI is InChI=1S/C11H13NO3.ClH/c13-11(14)10-7-12-4-3-8(10)6-9-2-1-5-15-9;/h3-4,7,9H,1-2,5-6H2,(H,13,14);1H. The van der Waals surface area contributed by atoms with E-state index in [0.717, 1.165) is 25.0 Å². The predicted molar refractivity (Wildman–Crippen MR) is 61.1 cm³/mol. The third-order valence-corrected chi connectivity index (χ3v) is 2.61. The number of aromatic nitrogens is 1. The highest BCUT2D eigenvalue weighted by molar-refractivity contribution is 5.88. The van der Waals surface area contributed by atoms with Crippen molar-refractivity contribution in [2.45, 2.75) is 25.4 Å². The van der Waals surface area contributed by atoms with Crippen molar-refractivity contribution in [3.8, 4) is 0 Å². The Morgan fingerprint density at radius 1 is 1.62 bits per heavy atom. The highest BCUT2D eigenvalue weighted by Crippen LogP contribution is 2.18. The number of hydrogen-bond acceptors (Lipinski definition) is 3. The van der Waals surface area contributed by atoms with E-state index in [9.17, 15) is 4.79 Å². The lowest BCUT2D eigenvalue weighted by molar-refractivity contribution is 0.0693. The van der Waals surface area contributed by atoms with Gasteiger partial charge in [-0.05, 0) is 30.9 Å². The van der Waals surface area contributed by atoms with Crippen LogP contribution >= 0.6 is 12.4 Å². The van der Waals surface area contributed by atoms with E-state index in [1.165, 1.54) is 6.20 Å². The summed E-state index contributed by atoms with van der Waals surface area (Å²) in [5.74, 6) is -0.920. The Morgan fingerprint density at radius 3 is 3.06 bits per heavy atom. The lowest BCUT2D eigenvalue weighted by Gasteiger charge is -2.10. The molecule has 88 valence electrons. The average Bonchev–Trinajstić information content (AvgIpc) is 2.71. The number of ether oxygens (including phenoxy) is 1. The first-order valence-electron chi connectivity index (χ1n) is 5.05. The zero-order valence-corrected chi connectivity index (χ0v) is 9.57. The summed E-state index contributed by atoms with van der Waals surface area (Å²) in [6.45, 7) is 0.790. The van der Waals surface area contributed by atoms with Gasteiger partial charge in [-0.3, -0.25) is 4.98 Å². The minimum atomic E-state index is -0.920. The first-order chi connectivity index (χ1) is 7.27. The van der Waals surface area contributed by atoms with Gasteiger partial charge in [0.2, 0.25) is 0 Å². The van der Waals surface area contributed by atoms with Crippen LogP contribution in [0.1, 0.15) is 28.8 Å². The van der Waals surface area contributed by atoms with Gasteiger partial charge in [0, 0.05) is 19.0 Å². The third kappa shape index (κ3) is 2.93. The van der Waals surface area contributed by atoms with Gasteiger partial charge in [0.05, 0.1) is 11.7 Å². The molecule has 2 heterocycles. The van der Waals surface area contributed by atoms with E-state index in [1.54, 1.807) is 12.3 Å². The van der Waals surface area contributed by atoms with Gasteiger partial charge >= 0.3 is 5.97 Å². The van der Waals surface area contributed by atoms with E-state index in [2.05, 4.69) is 4.98 Å². The summed E-state index contributed by atoms with van der Waals surface area (Å²) in [5.41, 5.74) is 1.09. The molecule has 0 aliphatic carbocycles. The fourth-order valence-corrected chi connectivity index (χ4v) is 1.84. The normalized spacial score (nSPS) is 19.1. The maximum atomic E-state index is 10.9. The molecule has 1 aromatic rings. The van der Waals surface area contributed by atoms with Crippen molar-refractivity contribution >= 4 is 18.4 Å². The van der Waals surface area contributed by atoms with Crippen molar-refractivity contribution in [1.29, 1.82) is 0 Å². The fraction of sp³-hybridized carbons (Fsp3) is 0.455. The molecule has 0 saturated carbocycles. The molecule has 1 N–H and O–H groups in total. The van der Waals surface area contributed by atoms with Gasteiger partial charge in [-0.25, -0.2) is 4.79 Å². The van der Waals surface area contributed by atoms with E-state index in [0.29, 0.717) is 6.42 Å². The molecule has 0 aromatic carbocycles. The summed E-state index contributed by atoms with van der Waals surface area (Å²) >= 11 is 0. The summed E-state index contributed by atoms with van der Waals surface area (Å²) in [7, 11) is 0. The molecule has 1 saturated heterocycles. The fourth-order valence-electron chi connectivity index (χ4n) is 1.84. The highest BCUT2D eigenvalue weighted by atomic mass is 35.5. The molecule has 1 aromatic heterocycles. The molecule has 1 aliphatic heterocycles. The Morgan fingerprint density at radius 2 is 2.44 bits per heavy atom. The third-order valence-electron chi connectivity index (χ3n) is 2.61. The molecule has 0 spiro atoms. The first kappa shape index (κ1) is 12.9. The molecule has 16 heavy (non-hydrogen) atoms. The summed E-state index contributed by atoms with van der Waals surface area (Å²) in [6.07, 6.45) is 5.94. The predicted octanol–water partition coefficient (Wildman–Crippen LogP) is 1.92. The molecular formula is C11H14ClNO3. The van der Waals surface area contributed by atoms with Crippen molar-refractivity contribution in [1.82, 2.24) is 4.98 Å². The number of carboxylic acid groups (broad SMARTS) is 1. The zero-order valence-electron chi connectivity index (χ0n) is 8.76. The minimum absolute atomic E-state index is 0. The van der Waals surface area contributed by atoms with Crippen LogP contribution in [-0.2, 0) is 11.2 Å². The Labute approximate surface area is 100 Å². The molecule has 1 unspecified atom stereocenters. The maximum absolute atomic E-state index is 10.9.